The highest BCUT2D eigenvalue weighted by molar-refractivity contribution is 5.51. The minimum Gasteiger partial charge on any atom is -0.303 e. The summed E-state index contributed by atoms with van der Waals surface area (Å²) in [6.07, 6.45) is 23.6. The third-order valence-corrected chi connectivity index (χ3v) is 3.62. The van der Waals surface area contributed by atoms with Crippen LogP contribution in [0, 0.1) is 0 Å². The summed E-state index contributed by atoms with van der Waals surface area (Å²) in [5.74, 6) is 0. The van der Waals surface area contributed by atoms with Gasteiger partial charge in [0.05, 0.1) is 0 Å². The molecule has 0 aromatic heterocycles. The Bertz CT molecular complexity index is 196. The number of unbranched alkanes of at least 4 members (excludes halogenated alkanes) is 12. The van der Waals surface area contributed by atoms with E-state index in [4.69, 9.17) is 0 Å². The lowest BCUT2D eigenvalue weighted by molar-refractivity contribution is -0.107. The van der Waals surface area contributed by atoms with Gasteiger partial charge in [0, 0.05) is 6.42 Å². The van der Waals surface area contributed by atoms with Crippen LogP contribution in [0.15, 0.2) is 12.2 Å². The van der Waals surface area contributed by atoms with Crippen molar-refractivity contribution in [3.8, 4) is 0 Å². The van der Waals surface area contributed by atoms with Crippen LogP contribution < -0.4 is 0 Å². The maximum absolute atomic E-state index is 10.1. The summed E-state index contributed by atoms with van der Waals surface area (Å²) in [5, 5.41) is 0. The van der Waals surface area contributed by atoms with Crippen molar-refractivity contribution in [3.05, 3.63) is 12.2 Å². The molecule has 0 N–H and O–H groups in total. The van der Waals surface area contributed by atoms with Crippen LogP contribution in [0.1, 0.15) is 96.8 Å². The molecule has 1 heteroatoms. The predicted octanol–water partition coefficient (Wildman–Crippen LogP) is 6.22. The van der Waals surface area contributed by atoms with Gasteiger partial charge in [-0.1, -0.05) is 89.7 Å². The molecule has 0 aromatic rings. The first kappa shape index (κ1) is 18.4. The Balaban J connectivity index is 2.97. The van der Waals surface area contributed by atoms with E-state index in [9.17, 15) is 4.79 Å². The molecule has 19 heavy (non-hydrogen) atoms. The number of carbonyl (C=O) groups is 1. The van der Waals surface area contributed by atoms with E-state index in [1.807, 2.05) is 6.08 Å². The van der Waals surface area contributed by atoms with E-state index < -0.39 is 0 Å². The monoisotopic (exact) mass is 266 g/mol. The second kappa shape index (κ2) is 17.4. The summed E-state index contributed by atoms with van der Waals surface area (Å²) in [6, 6.07) is 0. The highest BCUT2D eigenvalue weighted by Crippen LogP contribution is 2.12. The van der Waals surface area contributed by atoms with Crippen molar-refractivity contribution in [2.75, 3.05) is 0 Å². The summed E-state index contributed by atoms with van der Waals surface area (Å²) in [7, 11) is 0. The summed E-state index contributed by atoms with van der Waals surface area (Å²) in [6.45, 7) is 2.28. The number of aldehydes is 1. The van der Waals surface area contributed by atoms with Crippen LogP contribution in [0.4, 0.5) is 0 Å². The van der Waals surface area contributed by atoms with Gasteiger partial charge in [0.1, 0.15) is 6.29 Å². The van der Waals surface area contributed by atoms with E-state index in [2.05, 4.69) is 13.0 Å². The lowest BCUT2D eigenvalue weighted by Crippen LogP contribution is -1.82. The second-order valence-electron chi connectivity index (χ2n) is 5.55. The second-order valence-corrected chi connectivity index (χ2v) is 5.55. The Labute approximate surface area is 120 Å². The van der Waals surface area contributed by atoms with Crippen LogP contribution in [0.5, 0.6) is 0 Å². The summed E-state index contributed by atoms with van der Waals surface area (Å²) in [4.78, 5) is 10.1. The van der Waals surface area contributed by atoms with Gasteiger partial charge < -0.3 is 4.79 Å². The fourth-order valence-electron chi connectivity index (χ4n) is 2.37. The van der Waals surface area contributed by atoms with Gasteiger partial charge in [-0.2, -0.15) is 0 Å². The summed E-state index contributed by atoms with van der Waals surface area (Å²) in [5.41, 5.74) is 0. The molecule has 0 atom stereocenters. The number of rotatable bonds is 15. The van der Waals surface area contributed by atoms with Crippen molar-refractivity contribution < 1.29 is 4.79 Å². The van der Waals surface area contributed by atoms with E-state index in [1.165, 1.54) is 77.0 Å². The van der Waals surface area contributed by atoms with E-state index >= 15 is 0 Å². The van der Waals surface area contributed by atoms with Crippen molar-refractivity contribution in [2.24, 2.45) is 0 Å². The standard InChI is InChI=1S/C18H34O/c1-2-3-4-5-6-7-8-9-10-11-12-13-14-15-16-17-18-19/h15-16,18H,2-14,17H2,1H3/b16-15-. The Morgan fingerprint density at radius 1 is 0.632 bits per heavy atom. The number of allylic oxidation sites excluding steroid dienone is 2. The van der Waals surface area contributed by atoms with Gasteiger partial charge in [0.15, 0.2) is 0 Å². The largest absolute Gasteiger partial charge is 0.303 e. The highest BCUT2D eigenvalue weighted by Gasteiger charge is 1.92. The summed E-state index contributed by atoms with van der Waals surface area (Å²) >= 11 is 0. The lowest BCUT2D eigenvalue weighted by Gasteiger charge is -2.02. The van der Waals surface area contributed by atoms with E-state index in [0.717, 1.165) is 12.7 Å². The molecule has 0 rings (SSSR count). The quantitative estimate of drug-likeness (QED) is 0.195. The predicted molar refractivity (Wildman–Crippen MR) is 85.5 cm³/mol. The normalized spacial score (nSPS) is 11.2. The van der Waals surface area contributed by atoms with E-state index in [1.54, 1.807) is 0 Å². The Morgan fingerprint density at radius 3 is 1.58 bits per heavy atom. The zero-order chi connectivity index (χ0) is 14.0. The van der Waals surface area contributed by atoms with Crippen LogP contribution in [-0.2, 0) is 4.79 Å². The van der Waals surface area contributed by atoms with Crippen molar-refractivity contribution in [2.45, 2.75) is 96.8 Å². The molecule has 0 fully saturated rings. The lowest BCUT2D eigenvalue weighted by atomic mass is 10.0. The first-order valence-electron chi connectivity index (χ1n) is 8.50. The molecule has 0 aromatic carbocycles. The molecule has 0 aliphatic carbocycles. The van der Waals surface area contributed by atoms with Crippen LogP contribution >= 0.6 is 0 Å². The zero-order valence-electron chi connectivity index (χ0n) is 13.0. The van der Waals surface area contributed by atoms with Gasteiger partial charge in [-0.15, -0.1) is 0 Å². The molecule has 112 valence electrons. The molecule has 0 aliphatic heterocycles. The molecule has 0 saturated heterocycles. The Morgan fingerprint density at radius 2 is 1.11 bits per heavy atom. The van der Waals surface area contributed by atoms with E-state index in [-0.39, 0.29) is 0 Å². The van der Waals surface area contributed by atoms with E-state index in [0.29, 0.717) is 6.42 Å². The number of carbonyl (C=O) groups excluding carboxylic acids is 1. The van der Waals surface area contributed by atoms with Crippen molar-refractivity contribution in [1.82, 2.24) is 0 Å². The molecule has 0 spiro atoms. The van der Waals surface area contributed by atoms with Gasteiger partial charge >= 0.3 is 0 Å². The van der Waals surface area contributed by atoms with Crippen LogP contribution in [0.2, 0.25) is 0 Å². The van der Waals surface area contributed by atoms with Gasteiger partial charge in [-0.25, -0.2) is 0 Å². The van der Waals surface area contributed by atoms with Crippen molar-refractivity contribution in [3.63, 3.8) is 0 Å². The minimum absolute atomic E-state index is 0.582. The zero-order valence-corrected chi connectivity index (χ0v) is 13.0. The molecule has 0 aliphatic rings. The maximum Gasteiger partial charge on any atom is 0.123 e. The average Bonchev–Trinajstić information content (AvgIpc) is 2.43. The van der Waals surface area contributed by atoms with Gasteiger partial charge in [-0.05, 0) is 12.8 Å². The van der Waals surface area contributed by atoms with Gasteiger partial charge in [0.2, 0.25) is 0 Å². The number of hydrogen-bond donors (Lipinski definition) is 0. The molecule has 0 bridgehead atoms. The fourth-order valence-corrected chi connectivity index (χ4v) is 2.37. The van der Waals surface area contributed by atoms with Crippen LogP contribution in [-0.4, -0.2) is 6.29 Å². The Hall–Kier alpha value is -0.590. The van der Waals surface area contributed by atoms with Crippen LogP contribution in [0.3, 0.4) is 0 Å². The molecule has 0 amide bonds. The SMILES string of the molecule is CCCCCCCCCCCCCC/C=C\CC=O. The third-order valence-electron chi connectivity index (χ3n) is 3.62. The topological polar surface area (TPSA) is 17.1 Å². The van der Waals surface area contributed by atoms with Crippen LogP contribution in [0.25, 0.3) is 0 Å². The molecule has 0 saturated carbocycles. The summed E-state index contributed by atoms with van der Waals surface area (Å²) < 4.78 is 0. The van der Waals surface area contributed by atoms with Gasteiger partial charge in [-0.3, -0.25) is 0 Å². The maximum atomic E-state index is 10.1. The highest BCUT2D eigenvalue weighted by atomic mass is 16.1. The fraction of sp³-hybridized carbons (Fsp3) is 0.833. The average molecular weight is 266 g/mol. The third kappa shape index (κ3) is 17.4. The van der Waals surface area contributed by atoms with Gasteiger partial charge in [0.25, 0.3) is 0 Å². The van der Waals surface area contributed by atoms with Crippen molar-refractivity contribution >= 4 is 6.29 Å². The molecular formula is C18H34O. The van der Waals surface area contributed by atoms with Crippen molar-refractivity contribution in [1.29, 1.82) is 0 Å². The number of hydrogen-bond acceptors (Lipinski definition) is 1. The molecule has 0 heterocycles. The first-order chi connectivity index (χ1) is 9.41. The minimum atomic E-state index is 0.582. The molecular weight excluding hydrogens is 232 g/mol. The molecule has 0 unspecified atom stereocenters. The molecule has 1 nitrogen and oxygen atoms in total. The smallest absolute Gasteiger partial charge is 0.123 e. The molecule has 0 radical (unpaired) electrons. The first-order valence-corrected chi connectivity index (χ1v) is 8.50. The Kier molecular flexibility index (Phi) is 16.9.